The molecule has 2 aliphatic rings. The normalized spacial score (nSPS) is 23.4. The maximum atomic E-state index is 4.88. The Hall–Kier alpha value is -1.35. The minimum absolute atomic E-state index is 0.626. The number of hydrogen-bond acceptors (Lipinski definition) is 2. The monoisotopic (exact) mass is 271 g/mol. The zero-order valence-electron chi connectivity index (χ0n) is 12.4. The summed E-state index contributed by atoms with van der Waals surface area (Å²) in [6.07, 6.45) is 16.9. The Bertz CT molecular complexity index is 492. The third-order valence-electron chi connectivity index (χ3n) is 4.42. The SMILES string of the molecule is CCc1nc(CC2C=CC=CC2)cn1C1CCNCC1. The van der Waals surface area contributed by atoms with Crippen molar-refractivity contribution in [2.45, 2.75) is 45.1 Å². The Morgan fingerprint density at radius 3 is 2.85 bits per heavy atom. The molecule has 1 aliphatic carbocycles. The highest BCUT2D eigenvalue weighted by molar-refractivity contribution is 5.15. The lowest BCUT2D eigenvalue weighted by Gasteiger charge is -2.25. The number of allylic oxidation sites excluding steroid dienone is 4. The number of imidazole rings is 1. The van der Waals surface area contributed by atoms with Crippen molar-refractivity contribution in [3.8, 4) is 0 Å². The van der Waals surface area contributed by atoms with Crippen LogP contribution in [0.4, 0.5) is 0 Å². The number of nitrogens with one attached hydrogen (secondary N) is 1. The highest BCUT2D eigenvalue weighted by Gasteiger charge is 2.19. The van der Waals surface area contributed by atoms with E-state index in [1.807, 2.05) is 0 Å². The smallest absolute Gasteiger partial charge is 0.108 e. The largest absolute Gasteiger partial charge is 0.331 e. The highest BCUT2D eigenvalue weighted by atomic mass is 15.1. The maximum Gasteiger partial charge on any atom is 0.108 e. The van der Waals surface area contributed by atoms with E-state index in [2.05, 4.69) is 47.3 Å². The van der Waals surface area contributed by atoms with Gasteiger partial charge in [0.15, 0.2) is 0 Å². The minimum atomic E-state index is 0.626. The lowest BCUT2D eigenvalue weighted by molar-refractivity contribution is 0.360. The molecular formula is C17H25N3. The third-order valence-corrected chi connectivity index (χ3v) is 4.42. The topological polar surface area (TPSA) is 29.9 Å². The molecular weight excluding hydrogens is 246 g/mol. The van der Waals surface area contributed by atoms with Crippen molar-refractivity contribution in [3.05, 3.63) is 42.0 Å². The summed E-state index contributed by atoms with van der Waals surface area (Å²) >= 11 is 0. The van der Waals surface area contributed by atoms with Gasteiger partial charge in [0.1, 0.15) is 5.82 Å². The zero-order chi connectivity index (χ0) is 13.8. The first-order valence-corrected chi connectivity index (χ1v) is 7.97. The van der Waals surface area contributed by atoms with Gasteiger partial charge in [0.25, 0.3) is 0 Å². The molecule has 1 N–H and O–H groups in total. The molecule has 0 saturated carbocycles. The molecule has 1 atom stereocenters. The molecule has 3 heteroatoms. The standard InChI is InChI=1S/C17H25N3/c1-2-17-19-15(12-14-6-4-3-5-7-14)13-20(17)16-8-10-18-11-9-16/h3-6,13-14,16,18H,2,7-12H2,1H3. The van der Waals surface area contributed by atoms with Crippen molar-refractivity contribution in [1.29, 1.82) is 0 Å². The molecule has 1 unspecified atom stereocenters. The average Bonchev–Trinajstić information content (AvgIpc) is 2.92. The van der Waals surface area contributed by atoms with Crippen LogP contribution in [0.2, 0.25) is 0 Å². The second kappa shape index (κ2) is 6.40. The summed E-state index contributed by atoms with van der Waals surface area (Å²) < 4.78 is 2.46. The van der Waals surface area contributed by atoms with Crippen LogP contribution in [0.3, 0.4) is 0 Å². The maximum absolute atomic E-state index is 4.88. The van der Waals surface area contributed by atoms with E-state index in [-0.39, 0.29) is 0 Å². The van der Waals surface area contributed by atoms with E-state index in [1.165, 1.54) is 24.4 Å². The van der Waals surface area contributed by atoms with Crippen LogP contribution in [0.25, 0.3) is 0 Å². The highest BCUT2D eigenvalue weighted by Crippen LogP contribution is 2.24. The first kappa shape index (κ1) is 13.6. The van der Waals surface area contributed by atoms with E-state index in [9.17, 15) is 0 Å². The van der Waals surface area contributed by atoms with Crippen LogP contribution >= 0.6 is 0 Å². The minimum Gasteiger partial charge on any atom is -0.331 e. The second-order valence-corrected chi connectivity index (χ2v) is 5.90. The van der Waals surface area contributed by atoms with Gasteiger partial charge in [-0.3, -0.25) is 0 Å². The Kier molecular flexibility index (Phi) is 4.36. The summed E-state index contributed by atoms with van der Waals surface area (Å²) in [4.78, 5) is 4.88. The van der Waals surface area contributed by atoms with Crippen LogP contribution in [0.5, 0.6) is 0 Å². The first-order valence-electron chi connectivity index (χ1n) is 7.97. The summed E-state index contributed by atoms with van der Waals surface area (Å²) in [6, 6.07) is 0.647. The van der Waals surface area contributed by atoms with Crippen LogP contribution in [0.1, 0.15) is 43.7 Å². The van der Waals surface area contributed by atoms with Gasteiger partial charge in [-0.15, -0.1) is 0 Å². The van der Waals surface area contributed by atoms with Gasteiger partial charge in [-0.1, -0.05) is 31.2 Å². The van der Waals surface area contributed by atoms with E-state index in [1.54, 1.807) is 0 Å². The third kappa shape index (κ3) is 3.04. The van der Waals surface area contributed by atoms with Crippen molar-refractivity contribution in [1.82, 2.24) is 14.9 Å². The number of aryl methyl sites for hydroxylation is 1. The van der Waals surface area contributed by atoms with Crippen molar-refractivity contribution < 1.29 is 0 Å². The summed E-state index contributed by atoms with van der Waals surface area (Å²) in [5.74, 6) is 1.89. The Morgan fingerprint density at radius 2 is 2.15 bits per heavy atom. The molecule has 1 fully saturated rings. The molecule has 0 radical (unpaired) electrons. The number of nitrogens with zero attached hydrogens (tertiary/aromatic N) is 2. The van der Waals surface area contributed by atoms with Gasteiger partial charge in [0, 0.05) is 18.7 Å². The van der Waals surface area contributed by atoms with Gasteiger partial charge < -0.3 is 9.88 Å². The quantitative estimate of drug-likeness (QED) is 0.912. The Morgan fingerprint density at radius 1 is 1.30 bits per heavy atom. The molecule has 3 rings (SSSR count). The lowest BCUT2D eigenvalue weighted by Crippen LogP contribution is -2.29. The van der Waals surface area contributed by atoms with Crippen LogP contribution in [0, 0.1) is 5.92 Å². The first-order chi connectivity index (χ1) is 9.86. The molecule has 2 heterocycles. The molecule has 1 aliphatic heterocycles. The fourth-order valence-corrected chi connectivity index (χ4v) is 3.30. The predicted octanol–water partition coefficient (Wildman–Crippen LogP) is 3.04. The Labute approximate surface area is 121 Å². The lowest BCUT2D eigenvalue weighted by atomic mass is 9.96. The second-order valence-electron chi connectivity index (χ2n) is 5.90. The van der Waals surface area contributed by atoms with Crippen molar-refractivity contribution in [3.63, 3.8) is 0 Å². The molecule has 0 amide bonds. The van der Waals surface area contributed by atoms with Crippen molar-refractivity contribution in [2.24, 2.45) is 5.92 Å². The van der Waals surface area contributed by atoms with Crippen molar-refractivity contribution >= 4 is 0 Å². The average molecular weight is 271 g/mol. The van der Waals surface area contributed by atoms with E-state index < -0.39 is 0 Å². The number of piperidine rings is 1. The number of aromatic nitrogens is 2. The van der Waals surface area contributed by atoms with E-state index in [0.29, 0.717) is 12.0 Å². The summed E-state index contributed by atoms with van der Waals surface area (Å²) in [6.45, 7) is 4.49. The molecule has 0 bridgehead atoms. The molecule has 1 saturated heterocycles. The van der Waals surface area contributed by atoms with Gasteiger partial charge in [0.05, 0.1) is 5.69 Å². The van der Waals surface area contributed by atoms with Crippen LogP contribution in [-0.4, -0.2) is 22.6 Å². The number of rotatable bonds is 4. The Balaban J connectivity index is 1.73. The molecule has 1 aromatic heterocycles. The van der Waals surface area contributed by atoms with Crippen LogP contribution in [-0.2, 0) is 12.8 Å². The molecule has 20 heavy (non-hydrogen) atoms. The van der Waals surface area contributed by atoms with Gasteiger partial charge in [-0.2, -0.15) is 0 Å². The molecule has 0 spiro atoms. The van der Waals surface area contributed by atoms with Crippen LogP contribution in [0.15, 0.2) is 30.5 Å². The summed E-state index contributed by atoms with van der Waals surface area (Å²) in [5.41, 5.74) is 1.27. The molecule has 3 nitrogen and oxygen atoms in total. The number of hydrogen-bond donors (Lipinski definition) is 1. The van der Waals surface area contributed by atoms with Gasteiger partial charge in [-0.05, 0) is 44.7 Å². The fraction of sp³-hybridized carbons (Fsp3) is 0.588. The van der Waals surface area contributed by atoms with Gasteiger partial charge >= 0.3 is 0 Å². The van der Waals surface area contributed by atoms with Crippen LogP contribution < -0.4 is 5.32 Å². The summed E-state index contributed by atoms with van der Waals surface area (Å²) in [7, 11) is 0. The predicted molar refractivity (Wildman–Crippen MR) is 82.8 cm³/mol. The van der Waals surface area contributed by atoms with Crippen molar-refractivity contribution in [2.75, 3.05) is 13.1 Å². The van der Waals surface area contributed by atoms with Gasteiger partial charge in [0.2, 0.25) is 0 Å². The summed E-state index contributed by atoms with van der Waals surface area (Å²) in [5, 5.41) is 3.44. The van der Waals surface area contributed by atoms with E-state index in [0.717, 1.165) is 32.4 Å². The molecule has 1 aromatic rings. The zero-order valence-corrected chi connectivity index (χ0v) is 12.4. The fourth-order valence-electron chi connectivity index (χ4n) is 3.30. The van der Waals surface area contributed by atoms with E-state index >= 15 is 0 Å². The molecule has 108 valence electrons. The molecule has 0 aromatic carbocycles. The van der Waals surface area contributed by atoms with E-state index in [4.69, 9.17) is 4.98 Å². The van der Waals surface area contributed by atoms with Gasteiger partial charge in [-0.25, -0.2) is 4.98 Å².